The molecule has 128 valence electrons. The molecule has 0 aliphatic rings. The molecular formula is C18H12BrF2NO2S. The summed E-state index contributed by atoms with van der Waals surface area (Å²) in [5.74, 6) is -0.698. The molecule has 0 bridgehead atoms. The predicted molar refractivity (Wildman–Crippen MR) is 97.1 cm³/mol. The van der Waals surface area contributed by atoms with Crippen molar-refractivity contribution in [2.75, 3.05) is 5.32 Å². The summed E-state index contributed by atoms with van der Waals surface area (Å²) in [6.45, 7) is 0.252. The van der Waals surface area contributed by atoms with E-state index in [1.54, 1.807) is 17.5 Å². The first-order valence-corrected chi connectivity index (χ1v) is 8.91. The van der Waals surface area contributed by atoms with Crippen LogP contribution < -0.4 is 10.1 Å². The lowest BCUT2D eigenvalue weighted by Crippen LogP contribution is -2.11. The van der Waals surface area contributed by atoms with Crippen LogP contribution in [0.3, 0.4) is 0 Å². The fraction of sp³-hybridized carbons (Fsp3) is 0.0556. The molecule has 1 aromatic heterocycles. The van der Waals surface area contributed by atoms with Gasteiger partial charge >= 0.3 is 0 Å². The summed E-state index contributed by atoms with van der Waals surface area (Å²) in [4.78, 5) is 12.7. The summed E-state index contributed by atoms with van der Waals surface area (Å²) in [5.41, 5.74) is 0.918. The molecule has 1 amide bonds. The third-order valence-electron chi connectivity index (χ3n) is 3.28. The second-order valence-electron chi connectivity index (χ2n) is 5.14. The molecule has 0 spiro atoms. The van der Waals surface area contributed by atoms with E-state index in [9.17, 15) is 13.6 Å². The number of benzene rings is 2. The van der Waals surface area contributed by atoms with Gasteiger partial charge in [0.2, 0.25) is 0 Å². The van der Waals surface area contributed by atoms with Crippen molar-refractivity contribution >= 4 is 38.9 Å². The minimum Gasteiger partial charge on any atom is -0.489 e. The summed E-state index contributed by atoms with van der Waals surface area (Å²) < 4.78 is 32.8. The maximum absolute atomic E-state index is 13.8. The molecule has 0 saturated carbocycles. The molecule has 25 heavy (non-hydrogen) atoms. The van der Waals surface area contributed by atoms with Crippen molar-refractivity contribution in [2.45, 2.75) is 6.61 Å². The molecule has 0 unspecified atom stereocenters. The Hall–Kier alpha value is -2.25. The minimum atomic E-state index is -0.515. The van der Waals surface area contributed by atoms with E-state index in [1.807, 2.05) is 0 Å². The second kappa shape index (κ2) is 7.76. The molecule has 3 nitrogen and oxygen atoms in total. The summed E-state index contributed by atoms with van der Waals surface area (Å²) in [7, 11) is 0. The number of hydrogen-bond donors (Lipinski definition) is 1. The Balaban J connectivity index is 1.62. The maximum atomic E-state index is 13.8. The van der Waals surface area contributed by atoms with Crippen LogP contribution in [-0.4, -0.2) is 5.91 Å². The molecule has 0 aliphatic carbocycles. The van der Waals surface area contributed by atoms with Gasteiger partial charge in [-0.15, -0.1) is 11.3 Å². The predicted octanol–water partition coefficient (Wildman–Crippen LogP) is 5.62. The van der Waals surface area contributed by atoms with E-state index in [0.717, 1.165) is 5.56 Å². The molecule has 0 radical (unpaired) electrons. The first-order valence-electron chi connectivity index (χ1n) is 7.23. The number of halogens is 3. The summed E-state index contributed by atoms with van der Waals surface area (Å²) in [5, 5.41) is 4.33. The Bertz CT molecular complexity index is 896. The number of amides is 1. The van der Waals surface area contributed by atoms with Crippen molar-refractivity contribution in [3.05, 3.63) is 80.5 Å². The number of hydrogen-bond acceptors (Lipinski definition) is 3. The molecule has 3 aromatic rings. The molecule has 0 aliphatic heterocycles. The SMILES string of the molecule is O=C(Nc1ccc(Br)cc1F)c1cc(COc2ccc(F)cc2)cs1. The van der Waals surface area contributed by atoms with E-state index in [4.69, 9.17) is 4.74 Å². The van der Waals surface area contributed by atoms with Crippen molar-refractivity contribution in [3.8, 4) is 5.75 Å². The largest absolute Gasteiger partial charge is 0.489 e. The summed E-state index contributed by atoms with van der Waals surface area (Å²) in [6, 6.07) is 11.8. The number of ether oxygens (including phenoxy) is 1. The Morgan fingerprint density at radius 1 is 1.12 bits per heavy atom. The third-order valence-corrected chi connectivity index (χ3v) is 4.75. The van der Waals surface area contributed by atoms with Crippen molar-refractivity contribution in [1.29, 1.82) is 0 Å². The molecule has 1 heterocycles. The van der Waals surface area contributed by atoms with Crippen LogP contribution in [0.1, 0.15) is 15.2 Å². The molecule has 7 heteroatoms. The number of rotatable bonds is 5. The number of anilines is 1. The lowest BCUT2D eigenvalue weighted by molar-refractivity contribution is 0.103. The van der Waals surface area contributed by atoms with E-state index in [1.165, 1.54) is 47.7 Å². The van der Waals surface area contributed by atoms with Gasteiger partial charge < -0.3 is 10.1 Å². The molecule has 0 saturated heterocycles. The van der Waals surface area contributed by atoms with E-state index in [2.05, 4.69) is 21.2 Å². The molecular weight excluding hydrogens is 412 g/mol. The minimum absolute atomic E-state index is 0.116. The van der Waals surface area contributed by atoms with Gasteiger partial charge in [0.25, 0.3) is 5.91 Å². The van der Waals surface area contributed by atoms with E-state index < -0.39 is 5.82 Å². The van der Waals surface area contributed by atoms with Crippen LogP contribution in [-0.2, 0) is 6.61 Å². The number of carbonyl (C=O) groups excluding carboxylic acids is 1. The third kappa shape index (κ3) is 4.64. The normalized spacial score (nSPS) is 10.5. The Morgan fingerprint density at radius 2 is 1.88 bits per heavy atom. The smallest absolute Gasteiger partial charge is 0.265 e. The van der Waals surface area contributed by atoms with Gasteiger partial charge in [0.1, 0.15) is 24.0 Å². The van der Waals surface area contributed by atoms with Crippen LogP contribution in [0.4, 0.5) is 14.5 Å². The zero-order chi connectivity index (χ0) is 17.8. The van der Waals surface area contributed by atoms with E-state index >= 15 is 0 Å². The number of thiophene rings is 1. The van der Waals surface area contributed by atoms with E-state index in [-0.39, 0.29) is 24.0 Å². The summed E-state index contributed by atoms with van der Waals surface area (Å²) >= 11 is 4.41. The van der Waals surface area contributed by atoms with Crippen LogP contribution >= 0.6 is 27.3 Å². The molecule has 3 rings (SSSR count). The zero-order valence-electron chi connectivity index (χ0n) is 12.8. The number of nitrogens with one attached hydrogen (secondary N) is 1. The lowest BCUT2D eigenvalue weighted by Gasteiger charge is -2.05. The fourth-order valence-electron chi connectivity index (χ4n) is 2.04. The highest BCUT2D eigenvalue weighted by Gasteiger charge is 2.12. The van der Waals surface area contributed by atoms with E-state index in [0.29, 0.717) is 15.1 Å². The molecule has 2 aromatic carbocycles. The maximum Gasteiger partial charge on any atom is 0.265 e. The average molecular weight is 424 g/mol. The van der Waals surface area contributed by atoms with Crippen molar-refractivity contribution in [2.24, 2.45) is 0 Å². The van der Waals surface area contributed by atoms with Gasteiger partial charge in [-0.2, -0.15) is 0 Å². The topological polar surface area (TPSA) is 38.3 Å². The van der Waals surface area contributed by atoms with Crippen LogP contribution in [0.15, 0.2) is 58.4 Å². The Kier molecular flexibility index (Phi) is 5.45. The highest BCUT2D eigenvalue weighted by atomic mass is 79.9. The van der Waals surface area contributed by atoms with Crippen LogP contribution in [0.5, 0.6) is 5.75 Å². The Morgan fingerprint density at radius 3 is 2.60 bits per heavy atom. The van der Waals surface area contributed by atoms with Gasteiger partial charge in [-0.1, -0.05) is 15.9 Å². The van der Waals surface area contributed by atoms with Gasteiger partial charge in [-0.05, 0) is 53.9 Å². The molecule has 0 atom stereocenters. The monoisotopic (exact) mass is 423 g/mol. The zero-order valence-corrected chi connectivity index (χ0v) is 15.2. The van der Waals surface area contributed by atoms with Gasteiger partial charge in [0.15, 0.2) is 0 Å². The summed E-state index contributed by atoms with van der Waals surface area (Å²) in [6.07, 6.45) is 0. The van der Waals surface area contributed by atoms with Gasteiger partial charge in [-0.3, -0.25) is 4.79 Å². The highest BCUT2D eigenvalue weighted by molar-refractivity contribution is 9.10. The van der Waals surface area contributed by atoms with Crippen LogP contribution in [0.2, 0.25) is 0 Å². The van der Waals surface area contributed by atoms with Gasteiger partial charge in [0, 0.05) is 10.0 Å². The lowest BCUT2D eigenvalue weighted by atomic mass is 10.3. The fourth-order valence-corrected chi connectivity index (χ4v) is 3.17. The molecule has 0 fully saturated rings. The second-order valence-corrected chi connectivity index (χ2v) is 6.97. The van der Waals surface area contributed by atoms with Crippen molar-refractivity contribution in [3.63, 3.8) is 0 Å². The van der Waals surface area contributed by atoms with Gasteiger partial charge in [-0.25, -0.2) is 8.78 Å². The average Bonchev–Trinajstić information content (AvgIpc) is 3.06. The standard InChI is InChI=1S/C18H12BrF2NO2S/c19-12-1-6-16(15(21)8-12)22-18(23)17-7-11(10-25-17)9-24-14-4-2-13(20)3-5-14/h1-8,10H,9H2,(H,22,23). The number of carbonyl (C=O) groups is 1. The first kappa shape index (κ1) is 17.6. The quantitative estimate of drug-likeness (QED) is 0.578. The highest BCUT2D eigenvalue weighted by Crippen LogP contribution is 2.22. The van der Waals surface area contributed by atoms with Crippen molar-refractivity contribution in [1.82, 2.24) is 0 Å². The first-order chi connectivity index (χ1) is 12.0. The Labute approximate surface area is 155 Å². The molecule has 1 N–H and O–H groups in total. The van der Waals surface area contributed by atoms with Crippen LogP contribution in [0, 0.1) is 11.6 Å². The van der Waals surface area contributed by atoms with Crippen molar-refractivity contribution < 1.29 is 18.3 Å². The van der Waals surface area contributed by atoms with Gasteiger partial charge in [0.05, 0.1) is 10.6 Å². The van der Waals surface area contributed by atoms with Crippen LogP contribution in [0.25, 0.3) is 0 Å².